The van der Waals surface area contributed by atoms with E-state index in [4.69, 9.17) is 16.9 Å². The third-order valence-electron chi connectivity index (χ3n) is 3.35. The van der Waals surface area contributed by atoms with Crippen LogP contribution >= 0.6 is 11.6 Å². The Morgan fingerprint density at radius 3 is 2.38 bits per heavy atom. The fourth-order valence-corrected chi connectivity index (χ4v) is 2.50. The molecule has 0 aliphatic rings. The molecule has 4 nitrogen and oxygen atoms in total. The van der Waals surface area contributed by atoms with Gasteiger partial charge in [0.05, 0.1) is 17.3 Å². The lowest BCUT2D eigenvalue weighted by molar-refractivity contribution is -0.123. The normalized spacial score (nSPS) is 10.5. The van der Waals surface area contributed by atoms with Crippen LogP contribution in [-0.2, 0) is 4.79 Å². The van der Waals surface area contributed by atoms with Gasteiger partial charge in [-0.3, -0.25) is 4.79 Å². The molecule has 0 saturated heterocycles. The summed E-state index contributed by atoms with van der Waals surface area (Å²) in [5, 5.41) is 21.7. The molecular weight excluding hydrogens is 286 g/mol. The number of nitrogens with one attached hydrogen (secondary N) is 1. The van der Waals surface area contributed by atoms with E-state index >= 15 is 0 Å². The summed E-state index contributed by atoms with van der Waals surface area (Å²) in [6.07, 6.45) is 2.46. The van der Waals surface area contributed by atoms with E-state index in [-0.39, 0.29) is 5.91 Å². The number of halogens is 1. The van der Waals surface area contributed by atoms with Crippen LogP contribution < -0.4 is 5.32 Å². The molecule has 1 N–H and O–H groups in total. The van der Waals surface area contributed by atoms with Gasteiger partial charge in [0, 0.05) is 5.02 Å². The zero-order valence-electron chi connectivity index (χ0n) is 12.2. The van der Waals surface area contributed by atoms with E-state index in [1.165, 1.54) is 6.07 Å². The number of benzene rings is 1. The maximum atomic E-state index is 12.5. The lowest BCUT2D eigenvalue weighted by atomic mass is 9.79. The molecule has 0 aromatic heterocycles. The van der Waals surface area contributed by atoms with Gasteiger partial charge in [-0.1, -0.05) is 38.3 Å². The second-order valence-electron chi connectivity index (χ2n) is 4.95. The van der Waals surface area contributed by atoms with Gasteiger partial charge in [0.2, 0.25) is 5.91 Å². The molecule has 110 valence electrons. The van der Waals surface area contributed by atoms with Gasteiger partial charge < -0.3 is 5.32 Å². The summed E-state index contributed by atoms with van der Waals surface area (Å²) in [4.78, 5) is 12.5. The second kappa shape index (κ2) is 7.67. The molecule has 0 heterocycles. The summed E-state index contributed by atoms with van der Waals surface area (Å²) in [7, 11) is 0. The minimum absolute atomic E-state index is 0.326. The summed E-state index contributed by atoms with van der Waals surface area (Å²) < 4.78 is 0. The summed E-state index contributed by atoms with van der Waals surface area (Å²) >= 11 is 5.90. The molecule has 1 aromatic carbocycles. The summed E-state index contributed by atoms with van der Waals surface area (Å²) in [5.41, 5.74) is -0.382. The van der Waals surface area contributed by atoms with E-state index in [0.29, 0.717) is 29.1 Å². The Hall–Kier alpha value is -2.04. The van der Waals surface area contributed by atoms with E-state index in [1.54, 1.807) is 12.1 Å². The average molecular weight is 304 g/mol. The predicted octanol–water partition coefficient (Wildman–Crippen LogP) is 4.26. The highest BCUT2D eigenvalue weighted by atomic mass is 35.5. The first-order chi connectivity index (χ1) is 10.0. The van der Waals surface area contributed by atoms with Crippen molar-refractivity contribution in [2.45, 2.75) is 39.5 Å². The van der Waals surface area contributed by atoms with Crippen molar-refractivity contribution < 1.29 is 4.79 Å². The van der Waals surface area contributed by atoms with Gasteiger partial charge in [-0.2, -0.15) is 10.5 Å². The fraction of sp³-hybridized carbons (Fsp3) is 0.438. The molecule has 1 amide bonds. The van der Waals surface area contributed by atoms with Crippen LogP contribution in [0.2, 0.25) is 5.02 Å². The molecule has 5 heteroatoms. The minimum Gasteiger partial charge on any atom is -0.323 e. The van der Waals surface area contributed by atoms with E-state index in [9.17, 15) is 10.1 Å². The van der Waals surface area contributed by atoms with Crippen molar-refractivity contribution >= 4 is 23.2 Å². The highest BCUT2D eigenvalue weighted by Gasteiger charge is 2.37. The van der Waals surface area contributed by atoms with Crippen LogP contribution in [0.15, 0.2) is 18.2 Å². The zero-order valence-corrected chi connectivity index (χ0v) is 13.0. The maximum absolute atomic E-state index is 12.5. The molecule has 1 rings (SSSR count). The summed E-state index contributed by atoms with van der Waals surface area (Å²) in [6, 6.07) is 8.83. The van der Waals surface area contributed by atoms with Gasteiger partial charge in [0.15, 0.2) is 0 Å². The minimum atomic E-state index is -1.06. The molecule has 0 spiro atoms. The molecular formula is C16H18ClN3O. The Bertz CT molecular complexity index is 593. The van der Waals surface area contributed by atoms with Crippen LogP contribution in [0.1, 0.15) is 45.1 Å². The molecule has 0 aliphatic heterocycles. The molecule has 0 unspecified atom stereocenters. The fourth-order valence-electron chi connectivity index (χ4n) is 2.33. The zero-order chi connectivity index (χ0) is 15.9. The lowest BCUT2D eigenvalue weighted by Gasteiger charge is -2.24. The highest BCUT2D eigenvalue weighted by molar-refractivity contribution is 6.31. The van der Waals surface area contributed by atoms with Crippen molar-refractivity contribution in [2.24, 2.45) is 5.41 Å². The van der Waals surface area contributed by atoms with Crippen LogP contribution in [0.5, 0.6) is 0 Å². The number of carbonyl (C=O) groups is 1. The van der Waals surface area contributed by atoms with Gasteiger partial charge in [-0.15, -0.1) is 0 Å². The van der Waals surface area contributed by atoms with Crippen molar-refractivity contribution in [3.05, 3.63) is 28.8 Å². The Labute approximate surface area is 130 Å². The van der Waals surface area contributed by atoms with Crippen molar-refractivity contribution in [3.63, 3.8) is 0 Å². The molecule has 1 aromatic rings. The number of carbonyl (C=O) groups excluding carboxylic acids is 1. The van der Waals surface area contributed by atoms with Crippen LogP contribution in [0.25, 0.3) is 0 Å². The van der Waals surface area contributed by atoms with E-state index in [0.717, 1.165) is 12.8 Å². The first kappa shape index (κ1) is 17.0. The van der Waals surface area contributed by atoms with Gasteiger partial charge in [0.25, 0.3) is 0 Å². The Balaban J connectivity index is 3.11. The van der Waals surface area contributed by atoms with Gasteiger partial charge in [0.1, 0.15) is 11.5 Å². The molecule has 0 fully saturated rings. The summed E-state index contributed by atoms with van der Waals surface area (Å²) in [5.74, 6) is -0.368. The third-order valence-corrected chi connectivity index (χ3v) is 3.59. The monoisotopic (exact) mass is 303 g/mol. The van der Waals surface area contributed by atoms with E-state index in [1.807, 2.05) is 19.9 Å². The number of amides is 1. The maximum Gasteiger partial charge on any atom is 0.244 e. The van der Waals surface area contributed by atoms with E-state index in [2.05, 4.69) is 11.4 Å². The first-order valence-electron chi connectivity index (χ1n) is 6.95. The number of hydrogen-bond donors (Lipinski definition) is 1. The standard InChI is InChI=1S/C16H18ClN3O/c1-3-7-16(11-19,8-4-2)15(21)20-14-9-13(17)6-5-12(14)10-18/h5-6,9H,3-4,7-8H2,1-2H3,(H,20,21). The van der Waals surface area contributed by atoms with Crippen molar-refractivity contribution in [1.82, 2.24) is 0 Å². The first-order valence-corrected chi connectivity index (χ1v) is 7.33. The molecule has 0 bridgehead atoms. The molecule has 0 radical (unpaired) electrons. The third kappa shape index (κ3) is 3.97. The SMILES string of the molecule is CCCC(C#N)(CCC)C(=O)Nc1cc(Cl)ccc1C#N. The highest BCUT2D eigenvalue weighted by Crippen LogP contribution is 2.32. The Kier molecular flexibility index (Phi) is 6.21. The molecule has 0 saturated carbocycles. The largest absolute Gasteiger partial charge is 0.323 e. The quantitative estimate of drug-likeness (QED) is 0.853. The Morgan fingerprint density at radius 1 is 1.29 bits per heavy atom. The molecule has 0 aliphatic carbocycles. The van der Waals surface area contributed by atoms with Crippen LogP contribution in [0.4, 0.5) is 5.69 Å². The summed E-state index contributed by atoms with van der Waals surface area (Å²) in [6.45, 7) is 3.88. The molecule has 0 atom stereocenters. The number of nitrogens with zero attached hydrogens (tertiary/aromatic N) is 2. The van der Waals surface area contributed by atoms with Crippen molar-refractivity contribution in [1.29, 1.82) is 10.5 Å². The topological polar surface area (TPSA) is 76.7 Å². The van der Waals surface area contributed by atoms with E-state index < -0.39 is 5.41 Å². The molecule has 21 heavy (non-hydrogen) atoms. The van der Waals surface area contributed by atoms with Crippen LogP contribution in [0.3, 0.4) is 0 Å². The number of hydrogen-bond acceptors (Lipinski definition) is 3. The van der Waals surface area contributed by atoms with Gasteiger partial charge in [-0.25, -0.2) is 0 Å². The van der Waals surface area contributed by atoms with Crippen LogP contribution in [0, 0.1) is 28.1 Å². The number of rotatable bonds is 6. The number of anilines is 1. The average Bonchev–Trinajstić information content (AvgIpc) is 2.47. The predicted molar refractivity (Wildman–Crippen MR) is 82.7 cm³/mol. The van der Waals surface area contributed by atoms with Crippen molar-refractivity contribution in [3.8, 4) is 12.1 Å². The van der Waals surface area contributed by atoms with Gasteiger partial charge in [-0.05, 0) is 31.0 Å². The van der Waals surface area contributed by atoms with Crippen molar-refractivity contribution in [2.75, 3.05) is 5.32 Å². The smallest absolute Gasteiger partial charge is 0.244 e. The number of nitriles is 2. The van der Waals surface area contributed by atoms with Crippen LogP contribution in [-0.4, -0.2) is 5.91 Å². The lowest BCUT2D eigenvalue weighted by Crippen LogP contribution is -2.35. The van der Waals surface area contributed by atoms with Gasteiger partial charge >= 0.3 is 0 Å². The second-order valence-corrected chi connectivity index (χ2v) is 5.39. The Morgan fingerprint density at radius 2 is 1.90 bits per heavy atom.